The number of hydrogen-bond acceptors (Lipinski definition) is 4. The zero-order valence-electron chi connectivity index (χ0n) is 14.4. The summed E-state index contributed by atoms with van der Waals surface area (Å²) in [6, 6.07) is 13.5. The van der Waals surface area contributed by atoms with Gasteiger partial charge in [-0.3, -0.25) is 4.79 Å². The molecule has 1 aliphatic rings. The Bertz CT molecular complexity index is 941. The van der Waals surface area contributed by atoms with Crippen molar-refractivity contribution in [2.75, 3.05) is 13.1 Å². The fourth-order valence-corrected chi connectivity index (χ4v) is 3.31. The highest BCUT2D eigenvalue weighted by Gasteiger charge is 2.34. The highest BCUT2D eigenvalue weighted by molar-refractivity contribution is 6.30. The minimum Gasteiger partial charge on any atom is -0.342 e. The molecule has 2 heterocycles. The minimum atomic E-state index is -0.319. The van der Waals surface area contributed by atoms with Gasteiger partial charge in [0.2, 0.25) is 17.6 Å². The molecular formula is C20H17ClFN3O2. The second-order valence-corrected chi connectivity index (χ2v) is 7.02. The number of amides is 1. The van der Waals surface area contributed by atoms with E-state index in [0.717, 1.165) is 12.0 Å². The monoisotopic (exact) mass is 385 g/mol. The molecule has 1 aromatic heterocycles. The second-order valence-electron chi connectivity index (χ2n) is 6.58. The maximum absolute atomic E-state index is 13.0. The smallest absolute Gasteiger partial charge is 0.232 e. The molecule has 1 aliphatic heterocycles. The molecule has 1 saturated heterocycles. The van der Waals surface area contributed by atoms with Crippen LogP contribution in [0.1, 0.15) is 23.8 Å². The topological polar surface area (TPSA) is 59.2 Å². The van der Waals surface area contributed by atoms with Crippen molar-refractivity contribution in [3.63, 3.8) is 0 Å². The van der Waals surface area contributed by atoms with Gasteiger partial charge in [-0.05, 0) is 48.4 Å². The summed E-state index contributed by atoms with van der Waals surface area (Å²) in [7, 11) is 0. The molecule has 1 atom stereocenters. The van der Waals surface area contributed by atoms with Crippen LogP contribution >= 0.6 is 11.6 Å². The van der Waals surface area contributed by atoms with E-state index in [4.69, 9.17) is 16.1 Å². The first-order chi connectivity index (χ1) is 13.1. The Labute approximate surface area is 160 Å². The molecule has 0 radical (unpaired) electrons. The Morgan fingerprint density at radius 2 is 1.89 bits per heavy atom. The number of nitrogens with zero attached hydrogens (tertiary/aromatic N) is 3. The predicted octanol–water partition coefficient (Wildman–Crippen LogP) is 4.09. The number of carbonyl (C=O) groups excluding carboxylic acids is 1. The van der Waals surface area contributed by atoms with Crippen molar-refractivity contribution < 1.29 is 13.7 Å². The van der Waals surface area contributed by atoms with E-state index in [1.54, 1.807) is 12.1 Å². The van der Waals surface area contributed by atoms with Crippen LogP contribution in [0.15, 0.2) is 53.1 Å². The predicted molar refractivity (Wildman–Crippen MR) is 98.8 cm³/mol. The summed E-state index contributed by atoms with van der Waals surface area (Å²) in [5.41, 5.74) is 1.81. The quantitative estimate of drug-likeness (QED) is 0.663. The molecule has 0 bridgehead atoms. The SMILES string of the molecule is O=C1CC(c2nc(-c3ccc(F)cc3)no2)CN1CCc1ccc(Cl)cc1. The first-order valence-corrected chi connectivity index (χ1v) is 9.08. The van der Waals surface area contributed by atoms with Crippen LogP contribution in [0.4, 0.5) is 4.39 Å². The number of halogens is 2. The van der Waals surface area contributed by atoms with Gasteiger partial charge in [0.15, 0.2) is 0 Å². The van der Waals surface area contributed by atoms with Crippen LogP contribution in [0.5, 0.6) is 0 Å². The van der Waals surface area contributed by atoms with Gasteiger partial charge in [-0.25, -0.2) is 4.39 Å². The summed E-state index contributed by atoms with van der Waals surface area (Å²) >= 11 is 5.90. The van der Waals surface area contributed by atoms with Crippen molar-refractivity contribution in [1.82, 2.24) is 15.0 Å². The Morgan fingerprint density at radius 3 is 2.63 bits per heavy atom. The summed E-state index contributed by atoms with van der Waals surface area (Å²) in [4.78, 5) is 18.5. The van der Waals surface area contributed by atoms with Crippen LogP contribution in [0.3, 0.4) is 0 Å². The zero-order chi connectivity index (χ0) is 18.8. The molecule has 0 aliphatic carbocycles. The van der Waals surface area contributed by atoms with Crippen molar-refractivity contribution >= 4 is 17.5 Å². The zero-order valence-corrected chi connectivity index (χ0v) is 15.2. The van der Waals surface area contributed by atoms with Crippen molar-refractivity contribution in [3.05, 3.63) is 70.8 Å². The minimum absolute atomic E-state index is 0.0792. The summed E-state index contributed by atoms with van der Waals surface area (Å²) in [6.45, 7) is 1.19. The molecule has 5 nitrogen and oxygen atoms in total. The molecule has 1 amide bonds. The van der Waals surface area contributed by atoms with E-state index < -0.39 is 0 Å². The van der Waals surface area contributed by atoms with Gasteiger partial charge in [0.1, 0.15) is 5.82 Å². The Morgan fingerprint density at radius 1 is 1.15 bits per heavy atom. The molecule has 0 spiro atoms. The van der Waals surface area contributed by atoms with E-state index in [1.807, 2.05) is 29.2 Å². The maximum Gasteiger partial charge on any atom is 0.232 e. The summed E-state index contributed by atoms with van der Waals surface area (Å²) in [6.07, 6.45) is 1.12. The van der Waals surface area contributed by atoms with Crippen molar-refractivity contribution in [1.29, 1.82) is 0 Å². The molecule has 0 N–H and O–H groups in total. The van der Waals surface area contributed by atoms with E-state index in [0.29, 0.717) is 41.8 Å². The molecule has 0 saturated carbocycles. The average molecular weight is 386 g/mol. The molecule has 2 aromatic carbocycles. The van der Waals surface area contributed by atoms with Gasteiger partial charge in [0.25, 0.3) is 0 Å². The van der Waals surface area contributed by atoms with E-state index >= 15 is 0 Å². The normalized spacial score (nSPS) is 16.9. The molecule has 3 aromatic rings. The number of carbonyl (C=O) groups is 1. The first-order valence-electron chi connectivity index (χ1n) is 8.70. The lowest BCUT2D eigenvalue weighted by molar-refractivity contribution is -0.127. The number of rotatable bonds is 5. The number of likely N-dealkylation sites (tertiary alicyclic amines) is 1. The van der Waals surface area contributed by atoms with E-state index in [-0.39, 0.29) is 17.6 Å². The molecule has 1 fully saturated rings. The molecule has 1 unspecified atom stereocenters. The second kappa shape index (κ2) is 7.48. The van der Waals surface area contributed by atoms with Crippen molar-refractivity contribution in [3.8, 4) is 11.4 Å². The fraction of sp³-hybridized carbons (Fsp3) is 0.250. The van der Waals surface area contributed by atoms with Crippen LogP contribution in [-0.2, 0) is 11.2 Å². The molecule has 138 valence electrons. The standard InChI is InChI=1S/C20H17ClFN3O2/c21-16-5-1-13(2-6-16)9-10-25-12-15(11-18(25)26)20-23-19(24-27-20)14-3-7-17(22)8-4-14/h1-8,15H,9-12H2. The largest absolute Gasteiger partial charge is 0.342 e. The fourth-order valence-electron chi connectivity index (χ4n) is 3.19. The Balaban J connectivity index is 1.40. The Hall–Kier alpha value is -2.73. The highest BCUT2D eigenvalue weighted by atomic mass is 35.5. The Kier molecular flexibility index (Phi) is 4.90. The highest BCUT2D eigenvalue weighted by Crippen LogP contribution is 2.29. The van der Waals surface area contributed by atoms with Gasteiger partial charge in [0, 0.05) is 30.1 Å². The summed E-state index contributed by atoms with van der Waals surface area (Å²) in [5, 5.41) is 4.66. The van der Waals surface area contributed by atoms with E-state index in [9.17, 15) is 9.18 Å². The van der Waals surface area contributed by atoms with Gasteiger partial charge in [-0.15, -0.1) is 0 Å². The van der Waals surface area contributed by atoms with Crippen molar-refractivity contribution in [2.45, 2.75) is 18.8 Å². The molecule has 7 heteroatoms. The van der Waals surface area contributed by atoms with Gasteiger partial charge >= 0.3 is 0 Å². The lowest BCUT2D eigenvalue weighted by atomic mass is 10.1. The maximum atomic E-state index is 13.0. The van der Waals surface area contributed by atoms with Gasteiger partial charge < -0.3 is 9.42 Å². The lowest BCUT2D eigenvalue weighted by Gasteiger charge is -2.15. The average Bonchev–Trinajstić information content (AvgIpc) is 3.29. The van der Waals surface area contributed by atoms with E-state index in [1.165, 1.54) is 12.1 Å². The number of benzene rings is 2. The van der Waals surface area contributed by atoms with Crippen molar-refractivity contribution in [2.24, 2.45) is 0 Å². The number of aromatic nitrogens is 2. The molecule has 27 heavy (non-hydrogen) atoms. The molecular weight excluding hydrogens is 369 g/mol. The first kappa shape index (κ1) is 17.7. The van der Waals surface area contributed by atoms with Gasteiger partial charge in [-0.2, -0.15) is 4.98 Å². The number of hydrogen-bond donors (Lipinski definition) is 0. The van der Waals surface area contributed by atoms with Gasteiger partial charge in [-0.1, -0.05) is 28.9 Å². The van der Waals surface area contributed by atoms with Gasteiger partial charge in [0.05, 0.1) is 5.92 Å². The van der Waals surface area contributed by atoms with Crippen LogP contribution < -0.4 is 0 Å². The third-order valence-electron chi connectivity index (χ3n) is 4.69. The lowest BCUT2D eigenvalue weighted by Crippen LogP contribution is -2.27. The van der Waals surface area contributed by atoms with Crippen LogP contribution in [0, 0.1) is 5.82 Å². The van der Waals surface area contributed by atoms with Crippen LogP contribution in [0.2, 0.25) is 5.02 Å². The summed E-state index contributed by atoms with van der Waals surface area (Å²) < 4.78 is 18.4. The van der Waals surface area contributed by atoms with Crippen LogP contribution in [0.25, 0.3) is 11.4 Å². The third-order valence-corrected chi connectivity index (χ3v) is 4.94. The van der Waals surface area contributed by atoms with E-state index in [2.05, 4.69) is 10.1 Å². The summed E-state index contributed by atoms with van der Waals surface area (Å²) in [5.74, 6) is 0.480. The van der Waals surface area contributed by atoms with Crippen LogP contribution in [-0.4, -0.2) is 34.0 Å². The molecule has 4 rings (SSSR count). The third kappa shape index (κ3) is 4.01.